The molecule has 16 heavy (non-hydrogen) atoms. The average molecular weight is 228 g/mol. The minimum Gasteiger partial charge on any atom is -0.480 e. The Labute approximate surface area is 93.6 Å². The van der Waals surface area contributed by atoms with Crippen LogP contribution in [0.3, 0.4) is 0 Å². The van der Waals surface area contributed by atoms with Crippen molar-refractivity contribution in [1.82, 2.24) is 10.2 Å². The Hall–Kier alpha value is -1.14. The number of ether oxygens (including phenoxy) is 1. The van der Waals surface area contributed by atoms with Crippen LogP contribution in [0.15, 0.2) is 0 Å². The highest BCUT2D eigenvalue weighted by Crippen LogP contribution is 2.17. The molecule has 2 atom stereocenters. The van der Waals surface area contributed by atoms with Crippen molar-refractivity contribution in [2.24, 2.45) is 0 Å². The summed E-state index contributed by atoms with van der Waals surface area (Å²) in [6.45, 7) is 1.99. The normalized spacial score (nSPS) is 30.4. The van der Waals surface area contributed by atoms with E-state index < -0.39 is 18.1 Å². The average Bonchev–Trinajstić information content (AvgIpc) is 2.81. The summed E-state index contributed by atoms with van der Waals surface area (Å²) in [6.07, 6.45) is 1.15. The Morgan fingerprint density at radius 2 is 2.25 bits per heavy atom. The number of carboxylic acid groups (broad SMARTS) is 1. The largest absolute Gasteiger partial charge is 0.480 e. The molecule has 2 saturated heterocycles. The van der Waals surface area contributed by atoms with E-state index in [1.807, 2.05) is 0 Å². The second kappa shape index (κ2) is 4.80. The van der Waals surface area contributed by atoms with E-state index in [4.69, 9.17) is 9.84 Å². The lowest BCUT2D eigenvalue weighted by Crippen LogP contribution is -2.59. The maximum Gasteiger partial charge on any atom is 0.327 e. The molecule has 0 spiro atoms. The molecule has 90 valence electrons. The number of amides is 1. The molecule has 6 heteroatoms. The zero-order valence-corrected chi connectivity index (χ0v) is 9.02. The van der Waals surface area contributed by atoms with Crippen molar-refractivity contribution in [2.75, 3.05) is 26.2 Å². The van der Waals surface area contributed by atoms with Crippen molar-refractivity contribution >= 4 is 11.9 Å². The van der Waals surface area contributed by atoms with Crippen LogP contribution in [0.1, 0.15) is 12.8 Å². The van der Waals surface area contributed by atoms with E-state index in [1.54, 1.807) is 0 Å². The molecular formula is C10H16N2O4. The Bertz CT molecular complexity index is 289. The van der Waals surface area contributed by atoms with E-state index in [1.165, 1.54) is 4.90 Å². The fourth-order valence-electron chi connectivity index (χ4n) is 2.15. The molecule has 2 rings (SSSR count). The number of rotatable bonds is 2. The first kappa shape index (κ1) is 11.3. The van der Waals surface area contributed by atoms with Gasteiger partial charge in [-0.15, -0.1) is 0 Å². The van der Waals surface area contributed by atoms with Gasteiger partial charge in [0.1, 0.15) is 12.1 Å². The molecule has 0 bridgehead atoms. The van der Waals surface area contributed by atoms with E-state index in [9.17, 15) is 9.59 Å². The minimum atomic E-state index is -0.960. The van der Waals surface area contributed by atoms with Crippen LogP contribution in [-0.2, 0) is 14.3 Å². The second-order valence-electron chi connectivity index (χ2n) is 4.09. The third kappa shape index (κ3) is 2.17. The van der Waals surface area contributed by atoms with Gasteiger partial charge in [-0.05, 0) is 12.8 Å². The highest BCUT2D eigenvalue weighted by atomic mass is 16.5. The van der Waals surface area contributed by atoms with Gasteiger partial charge >= 0.3 is 5.97 Å². The molecule has 2 aliphatic rings. The van der Waals surface area contributed by atoms with E-state index >= 15 is 0 Å². The maximum absolute atomic E-state index is 12.0. The van der Waals surface area contributed by atoms with Crippen LogP contribution in [0.25, 0.3) is 0 Å². The maximum atomic E-state index is 12.0. The van der Waals surface area contributed by atoms with Crippen LogP contribution in [0.2, 0.25) is 0 Å². The smallest absolute Gasteiger partial charge is 0.327 e. The minimum absolute atomic E-state index is 0.175. The van der Waals surface area contributed by atoms with E-state index in [0.29, 0.717) is 32.7 Å². The summed E-state index contributed by atoms with van der Waals surface area (Å²) < 4.78 is 5.29. The van der Waals surface area contributed by atoms with Gasteiger partial charge in [-0.1, -0.05) is 0 Å². The number of aliphatic carboxylic acids is 1. The fraction of sp³-hybridized carbons (Fsp3) is 0.800. The molecule has 0 aliphatic carbocycles. The molecule has 0 aromatic carbocycles. The van der Waals surface area contributed by atoms with Crippen molar-refractivity contribution in [3.8, 4) is 0 Å². The summed E-state index contributed by atoms with van der Waals surface area (Å²) in [5.41, 5.74) is 0. The number of piperazine rings is 1. The molecule has 0 aromatic heterocycles. The van der Waals surface area contributed by atoms with Gasteiger partial charge in [-0.25, -0.2) is 4.79 Å². The third-order valence-electron chi connectivity index (χ3n) is 3.02. The highest BCUT2D eigenvalue weighted by molar-refractivity contribution is 5.87. The summed E-state index contributed by atoms with van der Waals surface area (Å²) >= 11 is 0. The first-order chi connectivity index (χ1) is 7.70. The predicted octanol–water partition coefficient (Wildman–Crippen LogP) is -0.950. The van der Waals surface area contributed by atoms with Crippen molar-refractivity contribution in [3.63, 3.8) is 0 Å². The highest BCUT2D eigenvalue weighted by Gasteiger charge is 2.36. The van der Waals surface area contributed by atoms with E-state index in [0.717, 1.165) is 6.42 Å². The fourth-order valence-corrected chi connectivity index (χ4v) is 2.15. The molecule has 0 radical (unpaired) electrons. The van der Waals surface area contributed by atoms with E-state index in [-0.39, 0.29) is 5.91 Å². The van der Waals surface area contributed by atoms with Crippen molar-refractivity contribution in [1.29, 1.82) is 0 Å². The van der Waals surface area contributed by atoms with Gasteiger partial charge < -0.3 is 20.1 Å². The SMILES string of the molecule is O=C(O)C1CNCCN1C(=O)[C@H]1CCCO1. The van der Waals surface area contributed by atoms with Gasteiger partial charge in [0, 0.05) is 26.2 Å². The van der Waals surface area contributed by atoms with Crippen molar-refractivity contribution in [2.45, 2.75) is 25.0 Å². The third-order valence-corrected chi connectivity index (χ3v) is 3.02. The van der Waals surface area contributed by atoms with Crippen LogP contribution < -0.4 is 5.32 Å². The van der Waals surface area contributed by atoms with Crippen LogP contribution in [0.4, 0.5) is 0 Å². The summed E-state index contributed by atoms with van der Waals surface area (Å²) in [7, 11) is 0. The molecule has 1 unspecified atom stereocenters. The Morgan fingerprint density at radius 1 is 1.44 bits per heavy atom. The predicted molar refractivity (Wildman–Crippen MR) is 55.0 cm³/mol. The molecule has 2 aliphatic heterocycles. The molecule has 0 saturated carbocycles. The Kier molecular flexibility index (Phi) is 3.40. The number of hydrogen-bond donors (Lipinski definition) is 2. The van der Waals surface area contributed by atoms with Crippen LogP contribution in [0.5, 0.6) is 0 Å². The number of carbonyl (C=O) groups excluding carboxylic acids is 1. The number of carboxylic acids is 1. The first-order valence-electron chi connectivity index (χ1n) is 5.56. The van der Waals surface area contributed by atoms with Gasteiger partial charge in [0.2, 0.25) is 0 Å². The Morgan fingerprint density at radius 3 is 2.88 bits per heavy atom. The summed E-state index contributed by atoms with van der Waals surface area (Å²) in [5.74, 6) is -1.13. The molecule has 1 amide bonds. The Balaban J connectivity index is 2.04. The van der Waals surface area contributed by atoms with Crippen molar-refractivity contribution < 1.29 is 19.4 Å². The van der Waals surface area contributed by atoms with Gasteiger partial charge in [-0.2, -0.15) is 0 Å². The number of hydrogen-bond acceptors (Lipinski definition) is 4. The standard InChI is InChI=1S/C10H16N2O4/c13-9(8-2-1-5-16-8)12-4-3-11-6-7(12)10(14)15/h7-8,11H,1-6H2,(H,14,15)/t7?,8-/m1/s1. The molecule has 2 fully saturated rings. The first-order valence-corrected chi connectivity index (χ1v) is 5.56. The zero-order valence-electron chi connectivity index (χ0n) is 9.02. The monoisotopic (exact) mass is 228 g/mol. The number of nitrogens with one attached hydrogen (secondary N) is 1. The topological polar surface area (TPSA) is 78.9 Å². The summed E-state index contributed by atoms with van der Waals surface area (Å²) in [4.78, 5) is 24.5. The lowest BCUT2D eigenvalue weighted by molar-refractivity contribution is -0.155. The van der Waals surface area contributed by atoms with Crippen LogP contribution in [-0.4, -0.2) is 60.3 Å². The second-order valence-corrected chi connectivity index (χ2v) is 4.09. The van der Waals surface area contributed by atoms with Crippen LogP contribution in [0, 0.1) is 0 Å². The molecule has 6 nitrogen and oxygen atoms in total. The van der Waals surface area contributed by atoms with Crippen LogP contribution >= 0.6 is 0 Å². The quantitative estimate of drug-likeness (QED) is 0.637. The van der Waals surface area contributed by atoms with Gasteiger partial charge in [0.05, 0.1) is 0 Å². The molecule has 2 heterocycles. The molecule has 2 N–H and O–H groups in total. The van der Waals surface area contributed by atoms with Gasteiger partial charge in [0.15, 0.2) is 0 Å². The lowest BCUT2D eigenvalue weighted by atomic mass is 10.1. The van der Waals surface area contributed by atoms with Gasteiger partial charge in [-0.3, -0.25) is 4.79 Å². The lowest BCUT2D eigenvalue weighted by Gasteiger charge is -2.34. The number of nitrogens with zero attached hydrogens (tertiary/aromatic N) is 1. The zero-order chi connectivity index (χ0) is 11.5. The summed E-state index contributed by atoms with van der Waals surface area (Å²) in [6, 6.07) is -0.759. The van der Waals surface area contributed by atoms with E-state index in [2.05, 4.69) is 5.32 Å². The molecular weight excluding hydrogens is 212 g/mol. The van der Waals surface area contributed by atoms with Crippen molar-refractivity contribution in [3.05, 3.63) is 0 Å². The summed E-state index contributed by atoms with van der Waals surface area (Å²) in [5, 5.41) is 12.0. The van der Waals surface area contributed by atoms with Gasteiger partial charge in [0.25, 0.3) is 5.91 Å². The number of carbonyl (C=O) groups is 2. The molecule has 0 aromatic rings.